The zero-order valence-electron chi connectivity index (χ0n) is 9.34. The number of nitrogens with two attached hydrogens (primary N) is 1. The lowest BCUT2D eigenvalue weighted by Crippen LogP contribution is -2.20. The summed E-state index contributed by atoms with van der Waals surface area (Å²) >= 11 is 0. The topological polar surface area (TPSA) is 60.5 Å². The first kappa shape index (κ1) is 10.2. The molecule has 86 valence electrons. The van der Waals surface area contributed by atoms with E-state index in [1.54, 1.807) is 6.20 Å². The highest BCUT2D eigenvalue weighted by Crippen LogP contribution is 2.22. The molecule has 0 amide bonds. The molecule has 2 N–H and O–H groups in total. The predicted molar refractivity (Wildman–Crippen MR) is 66.8 cm³/mol. The lowest BCUT2D eigenvalue weighted by Gasteiger charge is -2.04. The molecule has 0 saturated carbocycles. The first-order valence-corrected chi connectivity index (χ1v) is 5.65. The minimum absolute atomic E-state index is 0.00367. The number of nitrogens with zero attached hydrogens (tertiary/aromatic N) is 2. The van der Waals surface area contributed by atoms with E-state index in [9.17, 15) is 0 Å². The quantitative estimate of drug-likeness (QED) is 0.849. The van der Waals surface area contributed by atoms with Gasteiger partial charge in [0.2, 0.25) is 0 Å². The maximum atomic E-state index is 5.57. The summed E-state index contributed by atoms with van der Waals surface area (Å²) in [6, 6.07) is 10.1. The summed E-state index contributed by atoms with van der Waals surface area (Å²) in [5.41, 5.74) is 8.52. The van der Waals surface area contributed by atoms with Crippen molar-refractivity contribution in [3.63, 3.8) is 0 Å². The Hall–Kier alpha value is -1.94. The van der Waals surface area contributed by atoms with E-state index in [-0.39, 0.29) is 6.10 Å². The molecule has 1 unspecified atom stereocenters. The highest BCUT2D eigenvalue weighted by Gasteiger charge is 2.22. The van der Waals surface area contributed by atoms with Crippen LogP contribution in [-0.2, 0) is 4.84 Å². The normalized spacial score (nSPS) is 19.1. The number of rotatable bonds is 2. The van der Waals surface area contributed by atoms with Crippen molar-refractivity contribution in [1.29, 1.82) is 0 Å². The summed E-state index contributed by atoms with van der Waals surface area (Å²) in [6.45, 7) is 0.491. The van der Waals surface area contributed by atoms with Crippen molar-refractivity contribution in [3.8, 4) is 0 Å². The van der Waals surface area contributed by atoms with Crippen LogP contribution in [0.1, 0.15) is 12.0 Å². The monoisotopic (exact) mass is 227 g/mol. The molecule has 0 bridgehead atoms. The van der Waals surface area contributed by atoms with E-state index in [2.05, 4.69) is 10.1 Å². The fourth-order valence-electron chi connectivity index (χ4n) is 2.05. The van der Waals surface area contributed by atoms with Gasteiger partial charge >= 0.3 is 0 Å². The predicted octanol–water partition coefficient (Wildman–Crippen LogP) is 1.69. The average Bonchev–Trinajstić information content (AvgIpc) is 2.87. The number of pyridine rings is 1. The van der Waals surface area contributed by atoms with Gasteiger partial charge in [0.1, 0.15) is 6.10 Å². The van der Waals surface area contributed by atoms with Gasteiger partial charge in [-0.2, -0.15) is 0 Å². The fourth-order valence-corrected chi connectivity index (χ4v) is 2.05. The molecule has 0 fully saturated rings. The summed E-state index contributed by atoms with van der Waals surface area (Å²) in [6.07, 6.45) is 2.55. The number of hydrogen-bond donors (Lipinski definition) is 1. The van der Waals surface area contributed by atoms with Gasteiger partial charge in [-0.15, -0.1) is 0 Å². The standard InChI is InChI=1S/C13H13N3O/c14-8-10-7-12(16-17-10)11-5-1-3-9-4-2-6-15-13(9)11/h1-6,10H,7-8,14H2. The molecule has 0 radical (unpaired) electrons. The third-order valence-corrected chi connectivity index (χ3v) is 2.94. The lowest BCUT2D eigenvalue weighted by atomic mass is 10.0. The van der Waals surface area contributed by atoms with Gasteiger partial charge < -0.3 is 10.6 Å². The number of fused-ring (bicyclic) bond motifs is 1. The summed E-state index contributed by atoms with van der Waals surface area (Å²) < 4.78 is 0. The zero-order chi connectivity index (χ0) is 11.7. The minimum atomic E-state index is 0.00367. The van der Waals surface area contributed by atoms with Crippen LogP contribution in [0.2, 0.25) is 0 Å². The van der Waals surface area contributed by atoms with Gasteiger partial charge in [0.15, 0.2) is 0 Å². The Morgan fingerprint density at radius 3 is 3.00 bits per heavy atom. The molecular weight excluding hydrogens is 214 g/mol. The van der Waals surface area contributed by atoms with E-state index in [4.69, 9.17) is 10.6 Å². The van der Waals surface area contributed by atoms with Crippen LogP contribution in [0.15, 0.2) is 41.7 Å². The van der Waals surface area contributed by atoms with Gasteiger partial charge in [0, 0.05) is 30.1 Å². The van der Waals surface area contributed by atoms with Crippen LogP contribution < -0.4 is 5.73 Å². The van der Waals surface area contributed by atoms with Gasteiger partial charge in [0.05, 0.1) is 11.2 Å². The number of oxime groups is 1. The van der Waals surface area contributed by atoms with Gasteiger partial charge in [0.25, 0.3) is 0 Å². The van der Waals surface area contributed by atoms with E-state index < -0.39 is 0 Å². The second-order valence-electron chi connectivity index (χ2n) is 4.09. The molecular formula is C13H13N3O. The molecule has 0 spiro atoms. The van der Waals surface area contributed by atoms with Crippen molar-refractivity contribution in [1.82, 2.24) is 4.98 Å². The van der Waals surface area contributed by atoms with Gasteiger partial charge in [-0.05, 0) is 6.07 Å². The Morgan fingerprint density at radius 2 is 2.18 bits per heavy atom. The molecule has 1 aliphatic heterocycles. The second kappa shape index (κ2) is 4.14. The fraction of sp³-hybridized carbons (Fsp3) is 0.231. The maximum absolute atomic E-state index is 5.57. The van der Waals surface area contributed by atoms with Crippen LogP contribution in [0.5, 0.6) is 0 Å². The number of hydrogen-bond acceptors (Lipinski definition) is 4. The lowest BCUT2D eigenvalue weighted by molar-refractivity contribution is 0.0918. The smallest absolute Gasteiger partial charge is 0.145 e. The highest BCUT2D eigenvalue weighted by molar-refractivity contribution is 6.10. The van der Waals surface area contributed by atoms with E-state index in [1.807, 2.05) is 30.3 Å². The van der Waals surface area contributed by atoms with E-state index in [0.29, 0.717) is 6.54 Å². The molecule has 0 aliphatic carbocycles. The summed E-state index contributed by atoms with van der Waals surface area (Å²) in [7, 11) is 0. The van der Waals surface area contributed by atoms with Crippen molar-refractivity contribution < 1.29 is 4.84 Å². The van der Waals surface area contributed by atoms with Crippen molar-refractivity contribution in [2.24, 2.45) is 10.9 Å². The second-order valence-corrected chi connectivity index (χ2v) is 4.09. The highest BCUT2D eigenvalue weighted by atomic mass is 16.6. The third kappa shape index (κ3) is 1.76. The van der Waals surface area contributed by atoms with Crippen molar-refractivity contribution >= 4 is 16.6 Å². The molecule has 1 aromatic heterocycles. The Balaban J connectivity index is 2.07. The molecule has 1 aromatic carbocycles. The van der Waals surface area contributed by atoms with Crippen molar-refractivity contribution in [2.75, 3.05) is 6.54 Å². The van der Waals surface area contributed by atoms with Gasteiger partial charge in [-0.3, -0.25) is 4.98 Å². The van der Waals surface area contributed by atoms with Crippen LogP contribution in [0.3, 0.4) is 0 Å². The van der Waals surface area contributed by atoms with Crippen molar-refractivity contribution in [3.05, 3.63) is 42.1 Å². The van der Waals surface area contributed by atoms with E-state index in [0.717, 1.165) is 28.6 Å². The summed E-state index contributed by atoms with van der Waals surface area (Å²) in [4.78, 5) is 9.66. The Kier molecular flexibility index (Phi) is 2.49. The summed E-state index contributed by atoms with van der Waals surface area (Å²) in [5.74, 6) is 0. The van der Waals surface area contributed by atoms with Gasteiger partial charge in [-0.25, -0.2) is 0 Å². The Morgan fingerprint density at radius 1 is 1.29 bits per heavy atom. The van der Waals surface area contributed by atoms with Crippen molar-refractivity contribution in [2.45, 2.75) is 12.5 Å². The SMILES string of the molecule is NCC1CC(c2cccc3cccnc23)=NO1. The first-order chi connectivity index (χ1) is 8.38. The number of benzene rings is 1. The maximum Gasteiger partial charge on any atom is 0.145 e. The third-order valence-electron chi connectivity index (χ3n) is 2.94. The van der Waals surface area contributed by atoms with Crippen LogP contribution in [-0.4, -0.2) is 23.3 Å². The molecule has 17 heavy (non-hydrogen) atoms. The van der Waals surface area contributed by atoms with E-state index >= 15 is 0 Å². The number of para-hydroxylation sites is 1. The molecule has 0 saturated heterocycles. The molecule has 4 heteroatoms. The van der Waals surface area contributed by atoms with Gasteiger partial charge in [-0.1, -0.05) is 29.4 Å². The Bertz CT molecular complexity index is 574. The number of aromatic nitrogens is 1. The molecule has 1 aliphatic rings. The molecule has 2 aromatic rings. The van der Waals surface area contributed by atoms with Crippen LogP contribution in [0, 0.1) is 0 Å². The average molecular weight is 227 g/mol. The van der Waals surface area contributed by atoms with Crippen LogP contribution in [0.25, 0.3) is 10.9 Å². The Labute approximate surface area is 99.1 Å². The molecule has 3 rings (SSSR count). The largest absolute Gasteiger partial charge is 0.390 e. The molecule has 2 heterocycles. The van der Waals surface area contributed by atoms with E-state index in [1.165, 1.54) is 0 Å². The summed E-state index contributed by atoms with van der Waals surface area (Å²) in [5, 5.41) is 5.22. The zero-order valence-corrected chi connectivity index (χ0v) is 9.34. The van der Waals surface area contributed by atoms with Crippen LogP contribution >= 0.6 is 0 Å². The molecule has 1 atom stereocenters. The minimum Gasteiger partial charge on any atom is -0.390 e. The van der Waals surface area contributed by atoms with Crippen LogP contribution in [0.4, 0.5) is 0 Å². The first-order valence-electron chi connectivity index (χ1n) is 5.65. The molecule has 4 nitrogen and oxygen atoms in total.